The van der Waals surface area contributed by atoms with Crippen molar-refractivity contribution in [1.29, 1.82) is 0 Å². The number of nitrogens with zero attached hydrogens (tertiary/aromatic N) is 1. The summed E-state index contributed by atoms with van der Waals surface area (Å²) < 4.78 is 0. The van der Waals surface area contributed by atoms with Crippen LogP contribution in [0.4, 0.5) is 5.69 Å². The maximum absolute atomic E-state index is 10.8. The van der Waals surface area contributed by atoms with Crippen molar-refractivity contribution in [1.82, 2.24) is 4.98 Å². The van der Waals surface area contributed by atoms with Gasteiger partial charge in [0.15, 0.2) is 0 Å². The normalized spacial score (nSPS) is 10.2. The lowest BCUT2D eigenvalue weighted by Crippen LogP contribution is -2.13. The Bertz CT molecular complexity index is 547. The first-order chi connectivity index (χ1) is 9.13. The highest BCUT2D eigenvalue weighted by Gasteiger charge is 1.99. The van der Waals surface area contributed by atoms with Crippen LogP contribution in [0.15, 0.2) is 42.6 Å². The highest BCUT2D eigenvalue weighted by molar-refractivity contribution is 5.76. The summed E-state index contributed by atoms with van der Waals surface area (Å²) in [6.45, 7) is 2.69. The van der Waals surface area contributed by atoms with E-state index in [0.29, 0.717) is 6.54 Å². The molecule has 0 fully saturated rings. The van der Waals surface area contributed by atoms with Crippen LogP contribution in [0.2, 0.25) is 0 Å². The van der Waals surface area contributed by atoms with Gasteiger partial charge in [-0.25, -0.2) is 0 Å². The minimum absolute atomic E-state index is 0.278. The van der Waals surface area contributed by atoms with Gasteiger partial charge in [0, 0.05) is 11.9 Å². The van der Waals surface area contributed by atoms with E-state index < -0.39 is 0 Å². The minimum Gasteiger partial charge on any atom is -0.379 e. The Morgan fingerprint density at radius 1 is 1.21 bits per heavy atom. The zero-order valence-electron chi connectivity index (χ0n) is 10.9. The molecule has 0 aliphatic carbocycles. The number of aryl methyl sites for hydroxylation is 1. The molecule has 3 N–H and O–H groups in total. The number of primary amides is 1. The van der Waals surface area contributed by atoms with Gasteiger partial charge in [0.2, 0.25) is 5.91 Å². The number of nitrogens with two attached hydrogens (primary N) is 1. The van der Waals surface area contributed by atoms with E-state index in [9.17, 15) is 4.79 Å². The molecule has 0 atom stereocenters. The van der Waals surface area contributed by atoms with Gasteiger partial charge in [-0.15, -0.1) is 0 Å². The Morgan fingerprint density at radius 3 is 2.53 bits per heavy atom. The van der Waals surface area contributed by atoms with Crippen LogP contribution in [-0.4, -0.2) is 10.9 Å². The number of carbonyl (C=O) groups excluding carboxylic acids is 1. The van der Waals surface area contributed by atoms with Crippen molar-refractivity contribution in [3.8, 4) is 0 Å². The molecule has 0 unspecified atom stereocenters. The fourth-order valence-electron chi connectivity index (χ4n) is 1.74. The van der Waals surface area contributed by atoms with Crippen LogP contribution >= 0.6 is 0 Å². The second kappa shape index (κ2) is 6.00. The Hall–Kier alpha value is -2.36. The summed E-state index contributed by atoms with van der Waals surface area (Å²) in [7, 11) is 0. The third-order valence-electron chi connectivity index (χ3n) is 2.78. The van der Waals surface area contributed by atoms with Crippen LogP contribution in [0.1, 0.15) is 16.8 Å². The van der Waals surface area contributed by atoms with Gasteiger partial charge in [-0.3, -0.25) is 9.78 Å². The van der Waals surface area contributed by atoms with Crippen LogP contribution in [0.25, 0.3) is 0 Å². The zero-order valence-corrected chi connectivity index (χ0v) is 10.9. The first-order valence-electron chi connectivity index (χ1n) is 6.16. The Morgan fingerprint density at radius 2 is 1.95 bits per heavy atom. The minimum atomic E-state index is -0.315. The van der Waals surface area contributed by atoms with Crippen molar-refractivity contribution >= 4 is 11.6 Å². The van der Waals surface area contributed by atoms with Crippen molar-refractivity contribution in [2.45, 2.75) is 19.9 Å². The first kappa shape index (κ1) is 13.1. The average molecular weight is 255 g/mol. The Balaban J connectivity index is 1.92. The van der Waals surface area contributed by atoms with Gasteiger partial charge in [0.25, 0.3) is 0 Å². The highest BCUT2D eigenvalue weighted by atomic mass is 16.1. The van der Waals surface area contributed by atoms with Crippen LogP contribution in [0, 0.1) is 6.92 Å². The Labute approximate surface area is 112 Å². The number of hydrogen-bond donors (Lipinski definition) is 2. The number of benzene rings is 1. The largest absolute Gasteiger partial charge is 0.379 e. The molecular weight excluding hydrogens is 238 g/mol. The van der Waals surface area contributed by atoms with Crippen LogP contribution in [0.5, 0.6) is 0 Å². The van der Waals surface area contributed by atoms with Gasteiger partial charge in [0.1, 0.15) is 0 Å². The molecule has 1 aromatic heterocycles. The molecule has 1 aromatic carbocycles. The molecule has 1 heterocycles. The molecule has 4 nitrogen and oxygen atoms in total. The van der Waals surface area contributed by atoms with E-state index in [2.05, 4.69) is 10.3 Å². The smallest absolute Gasteiger partial charge is 0.221 e. The summed E-state index contributed by atoms with van der Waals surface area (Å²) in [5, 5.41) is 3.28. The van der Waals surface area contributed by atoms with Crippen LogP contribution < -0.4 is 11.1 Å². The van der Waals surface area contributed by atoms with Gasteiger partial charge < -0.3 is 11.1 Å². The highest BCUT2D eigenvalue weighted by Crippen LogP contribution is 2.11. The molecule has 19 heavy (non-hydrogen) atoms. The van der Waals surface area contributed by atoms with Crippen molar-refractivity contribution < 1.29 is 4.79 Å². The number of amides is 1. The third-order valence-corrected chi connectivity index (χ3v) is 2.78. The third kappa shape index (κ3) is 4.10. The van der Waals surface area contributed by atoms with E-state index in [1.807, 2.05) is 49.5 Å². The number of rotatable bonds is 5. The standard InChI is InChI=1S/C15H17N3O/c1-11-2-5-14(17-9-11)10-18-13-6-3-12(4-7-13)8-15(16)19/h2-7,9,18H,8,10H2,1H3,(H2,16,19). The topological polar surface area (TPSA) is 68.0 Å². The number of carbonyl (C=O) groups is 1. The van der Waals surface area contributed by atoms with E-state index >= 15 is 0 Å². The number of aromatic nitrogens is 1. The number of pyridine rings is 1. The molecule has 0 bridgehead atoms. The van der Waals surface area contributed by atoms with E-state index in [4.69, 9.17) is 5.73 Å². The summed E-state index contributed by atoms with van der Waals surface area (Å²) in [4.78, 5) is 15.1. The molecule has 0 saturated carbocycles. The Kier molecular flexibility index (Phi) is 4.13. The summed E-state index contributed by atoms with van der Waals surface area (Å²) >= 11 is 0. The zero-order chi connectivity index (χ0) is 13.7. The van der Waals surface area contributed by atoms with Crippen molar-refractivity contribution in [2.24, 2.45) is 5.73 Å². The molecule has 0 spiro atoms. The van der Waals surface area contributed by atoms with E-state index in [1.54, 1.807) is 0 Å². The lowest BCUT2D eigenvalue weighted by atomic mass is 10.1. The fraction of sp³-hybridized carbons (Fsp3) is 0.200. The molecule has 4 heteroatoms. The van der Waals surface area contributed by atoms with Crippen molar-refractivity contribution in [3.05, 3.63) is 59.4 Å². The molecule has 2 rings (SSSR count). The second-order valence-electron chi connectivity index (χ2n) is 4.52. The van der Waals surface area contributed by atoms with Gasteiger partial charge in [-0.2, -0.15) is 0 Å². The molecule has 0 aliphatic heterocycles. The van der Waals surface area contributed by atoms with E-state index in [-0.39, 0.29) is 12.3 Å². The average Bonchev–Trinajstić information content (AvgIpc) is 2.39. The molecule has 0 saturated heterocycles. The number of anilines is 1. The predicted octanol–water partition coefficient (Wildman–Crippen LogP) is 2.03. The molecule has 0 radical (unpaired) electrons. The van der Waals surface area contributed by atoms with E-state index in [0.717, 1.165) is 22.5 Å². The molecule has 0 aliphatic rings. The second-order valence-corrected chi connectivity index (χ2v) is 4.52. The number of nitrogens with one attached hydrogen (secondary N) is 1. The maximum atomic E-state index is 10.8. The summed E-state index contributed by atoms with van der Waals surface area (Å²) in [6.07, 6.45) is 2.13. The molecular formula is C15H17N3O. The van der Waals surface area contributed by atoms with Crippen molar-refractivity contribution in [3.63, 3.8) is 0 Å². The van der Waals surface area contributed by atoms with E-state index in [1.165, 1.54) is 0 Å². The fourth-order valence-corrected chi connectivity index (χ4v) is 1.74. The summed E-state index contributed by atoms with van der Waals surface area (Å²) in [5.41, 5.74) is 9.21. The molecule has 98 valence electrons. The lowest BCUT2D eigenvalue weighted by Gasteiger charge is -2.07. The van der Waals surface area contributed by atoms with Crippen LogP contribution in [-0.2, 0) is 17.8 Å². The predicted molar refractivity (Wildman–Crippen MR) is 75.6 cm³/mol. The monoisotopic (exact) mass is 255 g/mol. The summed E-state index contributed by atoms with van der Waals surface area (Å²) in [6, 6.07) is 11.7. The van der Waals surface area contributed by atoms with Gasteiger partial charge in [0.05, 0.1) is 18.7 Å². The van der Waals surface area contributed by atoms with Gasteiger partial charge in [-0.05, 0) is 36.2 Å². The summed E-state index contributed by atoms with van der Waals surface area (Å²) in [5.74, 6) is -0.315. The van der Waals surface area contributed by atoms with Gasteiger partial charge >= 0.3 is 0 Å². The first-order valence-corrected chi connectivity index (χ1v) is 6.16. The van der Waals surface area contributed by atoms with Crippen LogP contribution in [0.3, 0.4) is 0 Å². The van der Waals surface area contributed by atoms with Gasteiger partial charge in [-0.1, -0.05) is 18.2 Å². The van der Waals surface area contributed by atoms with Crippen molar-refractivity contribution in [2.75, 3.05) is 5.32 Å². The quantitative estimate of drug-likeness (QED) is 0.859. The maximum Gasteiger partial charge on any atom is 0.221 e. The SMILES string of the molecule is Cc1ccc(CNc2ccc(CC(N)=O)cc2)nc1. The molecule has 1 amide bonds. The lowest BCUT2D eigenvalue weighted by molar-refractivity contribution is -0.117. The molecule has 2 aromatic rings. The number of hydrogen-bond acceptors (Lipinski definition) is 3.